The zero-order chi connectivity index (χ0) is 8.97. The molecule has 70 valence electrons. The highest BCUT2D eigenvalue weighted by Crippen LogP contribution is 2.08. The molecule has 0 spiro atoms. The SMILES string of the molecule is O=C(O)C(O)CN1CCCCC1. The van der Waals surface area contributed by atoms with E-state index in [1.54, 1.807) is 0 Å². The minimum Gasteiger partial charge on any atom is -0.479 e. The van der Waals surface area contributed by atoms with Crippen LogP contribution in [0.3, 0.4) is 0 Å². The van der Waals surface area contributed by atoms with Gasteiger partial charge in [0.25, 0.3) is 0 Å². The second kappa shape index (κ2) is 4.42. The third kappa shape index (κ3) is 2.79. The topological polar surface area (TPSA) is 60.8 Å². The van der Waals surface area contributed by atoms with Crippen molar-refractivity contribution in [2.24, 2.45) is 0 Å². The molecule has 0 radical (unpaired) electrons. The van der Waals surface area contributed by atoms with Gasteiger partial charge in [-0.3, -0.25) is 0 Å². The number of carboxylic acid groups (broad SMARTS) is 1. The highest BCUT2D eigenvalue weighted by molar-refractivity contribution is 5.72. The monoisotopic (exact) mass is 173 g/mol. The predicted molar refractivity (Wildman–Crippen MR) is 43.9 cm³/mol. The third-order valence-corrected chi connectivity index (χ3v) is 2.16. The van der Waals surface area contributed by atoms with Gasteiger partial charge >= 0.3 is 5.97 Å². The van der Waals surface area contributed by atoms with Gasteiger partial charge in [0.15, 0.2) is 6.10 Å². The molecule has 4 heteroatoms. The number of nitrogens with zero attached hydrogens (tertiary/aromatic N) is 1. The van der Waals surface area contributed by atoms with Crippen molar-refractivity contribution in [2.75, 3.05) is 19.6 Å². The van der Waals surface area contributed by atoms with Gasteiger partial charge in [-0.2, -0.15) is 0 Å². The van der Waals surface area contributed by atoms with Gasteiger partial charge in [0, 0.05) is 6.54 Å². The number of piperidine rings is 1. The van der Waals surface area contributed by atoms with E-state index in [0.29, 0.717) is 0 Å². The number of carbonyl (C=O) groups is 1. The minimum atomic E-state index is -1.22. The fourth-order valence-corrected chi connectivity index (χ4v) is 1.46. The average Bonchev–Trinajstić information content (AvgIpc) is 2.06. The van der Waals surface area contributed by atoms with E-state index >= 15 is 0 Å². The van der Waals surface area contributed by atoms with Gasteiger partial charge in [-0.15, -0.1) is 0 Å². The Labute approximate surface area is 71.8 Å². The van der Waals surface area contributed by atoms with Crippen molar-refractivity contribution in [3.63, 3.8) is 0 Å². The number of aliphatic hydroxyl groups is 1. The van der Waals surface area contributed by atoms with Gasteiger partial charge < -0.3 is 15.1 Å². The lowest BCUT2D eigenvalue weighted by molar-refractivity contribution is -0.147. The summed E-state index contributed by atoms with van der Waals surface area (Å²) in [6, 6.07) is 0. The largest absolute Gasteiger partial charge is 0.479 e. The number of rotatable bonds is 3. The number of β-amino-alcohol motifs (C(OH)–C–C–N with tert-alkyl or cyclic N) is 1. The van der Waals surface area contributed by atoms with E-state index < -0.39 is 12.1 Å². The van der Waals surface area contributed by atoms with Crippen LogP contribution in [0.5, 0.6) is 0 Å². The molecule has 0 aromatic heterocycles. The molecule has 2 N–H and O–H groups in total. The zero-order valence-electron chi connectivity index (χ0n) is 7.07. The van der Waals surface area contributed by atoms with E-state index in [9.17, 15) is 4.79 Å². The molecule has 0 aromatic rings. The lowest BCUT2D eigenvalue weighted by Gasteiger charge is -2.27. The van der Waals surface area contributed by atoms with Gasteiger partial charge in [-0.1, -0.05) is 6.42 Å². The van der Waals surface area contributed by atoms with Crippen LogP contribution in [0.25, 0.3) is 0 Å². The summed E-state index contributed by atoms with van der Waals surface area (Å²) in [6.45, 7) is 2.12. The van der Waals surface area contributed by atoms with Crippen LogP contribution in [0.4, 0.5) is 0 Å². The summed E-state index contributed by atoms with van der Waals surface area (Å²) >= 11 is 0. The first kappa shape index (κ1) is 9.48. The summed E-state index contributed by atoms with van der Waals surface area (Å²) in [6.07, 6.45) is 2.24. The van der Waals surface area contributed by atoms with Gasteiger partial charge in [0.2, 0.25) is 0 Å². The van der Waals surface area contributed by atoms with Gasteiger partial charge in [-0.25, -0.2) is 4.79 Å². The molecule has 0 aromatic carbocycles. The summed E-state index contributed by atoms with van der Waals surface area (Å²) in [5, 5.41) is 17.5. The number of aliphatic hydroxyl groups excluding tert-OH is 1. The molecule has 1 aliphatic rings. The summed E-state index contributed by atoms with van der Waals surface area (Å²) in [5.74, 6) is -1.12. The van der Waals surface area contributed by atoms with Crippen LogP contribution in [0, 0.1) is 0 Å². The molecule has 1 aliphatic heterocycles. The highest BCUT2D eigenvalue weighted by Gasteiger charge is 2.18. The predicted octanol–water partition coefficient (Wildman–Crippen LogP) is -0.0822. The number of hydrogen-bond acceptors (Lipinski definition) is 3. The maximum absolute atomic E-state index is 10.3. The zero-order valence-corrected chi connectivity index (χ0v) is 7.07. The Balaban J connectivity index is 2.24. The van der Waals surface area contributed by atoms with E-state index in [0.717, 1.165) is 25.9 Å². The number of hydrogen-bond donors (Lipinski definition) is 2. The highest BCUT2D eigenvalue weighted by atomic mass is 16.4. The fraction of sp³-hybridized carbons (Fsp3) is 0.875. The van der Waals surface area contributed by atoms with E-state index in [-0.39, 0.29) is 6.54 Å². The molecule has 0 aliphatic carbocycles. The first-order valence-corrected chi connectivity index (χ1v) is 4.33. The third-order valence-electron chi connectivity index (χ3n) is 2.16. The van der Waals surface area contributed by atoms with Crippen molar-refractivity contribution in [3.05, 3.63) is 0 Å². The molecule has 0 saturated carbocycles. The Morgan fingerprint density at radius 1 is 1.33 bits per heavy atom. The molecule has 1 atom stereocenters. The summed E-state index contributed by atoms with van der Waals surface area (Å²) in [4.78, 5) is 12.3. The van der Waals surface area contributed by atoms with Crippen LogP contribution in [-0.4, -0.2) is 46.8 Å². The van der Waals surface area contributed by atoms with Gasteiger partial charge in [0.1, 0.15) is 0 Å². The number of carboxylic acids is 1. The Kier molecular flexibility index (Phi) is 3.49. The fourth-order valence-electron chi connectivity index (χ4n) is 1.46. The Hall–Kier alpha value is -0.610. The molecule has 1 fully saturated rings. The summed E-state index contributed by atoms with van der Waals surface area (Å²) < 4.78 is 0. The smallest absolute Gasteiger partial charge is 0.333 e. The lowest BCUT2D eigenvalue weighted by Crippen LogP contribution is -2.39. The molecule has 1 saturated heterocycles. The van der Waals surface area contributed by atoms with E-state index in [2.05, 4.69) is 0 Å². The molecule has 12 heavy (non-hydrogen) atoms. The van der Waals surface area contributed by atoms with Crippen molar-refractivity contribution >= 4 is 5.97 Å². The van der Waals surface area contributed by atoms with Crippen molar-refractivity contribution in [2.45, 2.75) is 25.4 Å². The maximum Gasteiger partial charge on any atom is 0.333 e. The second-order valence-electron chi connectivity index (χ2n) is 3.22. The minimum absolute atomic E-state index is 0.273. The van der Waals surface area contributed by atoms with E-state index in [1.807, 2.05) is 4.90 Å². The quantitative estimate of drug-likeness (QED) is 0.626. The van der Waals surface area contributed by atoms with Crippen molar-refractivity contribution in [1.82, 2.24) is 4.90 Å². The molecule has 1 unspecified atom stereocenters. The molecular weight excluding hydrogens is 158 g/mol. The molecule has 0 bridgehead atoms. The van der Waals surface area contributed by atoms with Gasteiger partial charge in [0.05, 0.1) is 0 Å². The summed E-state index contributed by atoms with van der Waals surface area (Å²) in [7, 11) is 0. The van der Waals surface area contributed by atoms with Crippen LogP contribution < -0.4 is 0 Å². The van der Waals surface area contributed by atoms with Crippen molar-refractivity contribution in [1.29, 1.82) is 0 Å². The molecule has 1 rings (SSSR count). The molecular formula is C8H15NO3. The van der Waals surface area contributed by atoms with Crippen molar-refractivity contribution in [3.8, 4) is 0 Å². The Bertz CT molecular complexity index is 154. The van der Waals surface area contributed by atoms with Crippen LogP contribution >= 0.6 is 0 Å². The second-order valence-corrected chi connectivity index (χ2v) is 3.22. The normalized spacial score (nSPS) is 22.1. The van der Waals surface area contributed by atoms with Crippen LogP contribution in [0.15, 0.2) is 0 Å². The van der Waals surface area contributed by atoms with E-state index in [4.69, 9.17) is 10.2 Å². The number of likely N-dealkylation sites (tertiary alicyclic amines) is 1. The van der Waals surface area contributed by atoms with Crippen LogP contribution in [0.1, 0.15) is 19.3 Å². The van der Waals surface area contributed by atoms with Gasteiger partial charge in [-0.05, 0) is 25.9 Å². The average molecular weight is 173 g/mol. The van der Waals surface area contributed by atoms with Crippen LogP contribution in [0.2, 0.25) is 0 Å². The Morgan fingerprint density at radius 3 is 2.42 bits per heavy atom. The Morgan fingerprint density at radius 2 is 1.92 bits per heavy atom. The molecule has 0 amide bonds. The first-order valence-electron chi connectivity index (χ1n) is 4.33. The number of aliphatic carboxylic acids is 1. The van der Waals surface area contributed by atoms with E-state index in [1.165, 1.54) is 6.42 Å². The molecule has 1 heterocycles. The lowest BCUT2D eigenvalue weighted by atomic mass is 10.1. The first-order chi connectivity index (χ1) is 5.70. The maximum atomic E-state index is 10.3. The standard InChI is InChI=1S/C8H15NO3/c10-7(8(11)12)6-9-4-2-1-3-5-9/h7,10H,1-6H2,(H,11,12). The molecule has 4 nitrogen and oxygen atoms in total. The van der Waals surface area contributed by atoms with Crippen LogP contribution in [-0.2, 0) is 4.79 Å². The van der Waals surface area contributed by atoms with Crippen molar-refractivity contribution < 1.29 is 15.0 Å². The summed E-state index contributed by atoms with van der Waals surface area (Å²) in [5.41, 5.74) is 0.